The lowest BCUT2D eigenvalue weighted by Gasteiger charge is -2.26. The number of carbonyl (C=O) groups is 1. The molecule has 7 nitrogen and oxygen atoms in total. The second kappa shape index (κ2) is 7.76. The molecule has 7 heteroatoms. The summed E-state index contributed by atoms with van der Waals surface area (Å²) in [5, 5.41) is 25.6. The predicted molar refractivity (Wildman–Crippen MR) is 95.4 cm³/mol. The number of hydrogen-bond acceptors (Lipinski definition) is 6. The summed E-state index contributed by atoms with van der Waals surface area (Å²) in [5.74, 6) is 0.224. The molecule has 1 amide bonds. The average Bonchev–Trinajstić information content (AvgIpc) is 2.63. The van der Waals surface area contributed by atoms with Gasteiger partial charge in [-0.2, -0.15) is 0 Å². The maximum atomic E-state index is 12.4. The lowest BCUT2D eigenvalue weighted by atomic mass is 9.93. The Morgan fingerprint density at radius 3 is 2.80 bits per heavy atom. The van der Waals surface area contributed by atoms with Crippen molar-refractivity contribution >= 4 is 22.8 Å². The van der Waals surface area contributed by atoms with Gasteiger partial charge in [0.2, 0.25) is 5.95 Å². The van der Waals surface area contributed by atoms with Gasteiger partial charge in [-0.25, -0.2) is 9.97 Å². The third-order valence-corrected chi connectivity index (χ3v) is 4.54. The molecule has 1 aromatic carbocycles. The Labute approximate surface area is 146 Å². The van der Waals surface area contributed by atoms with Crippen molar-refractivity contribution in [3.8, 4) is 0 Å². The van der Waals surface area contributed by atoms with Gasteiger partial charge in [0.15, 0.2) is 0 Å². The van der Waals surface area contributed by atoms with Crippen molar-refractivity contribution in [2.45, 2.75) is 50.8 Å². The fraction of sp³-hybridized carbons (Fsp3) is 0.500. The van der Waals surface area contributed by atoms with Crippen LogP contribution in [0.3, 0.4) is 0 Å². The third kappa shape index (κ3) is 4.24. The van der Waals surface area contributed by atoms with Gasteiger partial charge in [0.25, 0.3) is 5.91 Å². The molecule has 0 aliphatic heterocycles. The van der Waals surface area contributed by atoms with E-state index in [1.807, 2.05) is 6.07 Å². The van der Waals surface area contributed by atoms with Crippen molar-refractivity contribution in [1.82, 2.24) is 15.3 Å². The maximum absolute atomic E-state index is 12.4. The zero-order chi connectivity index (χ0) is 17.8. The minimum absolute atomic E-state index is 0.119. The Morgan fingerprint density at radius 2 is 2.08 bits per heavy atom. The third-order valence-electron chi connectivity index (χ3n) is 4.54. The van der Waals surface area contributed by atoms with E-state index in [-0.39, 0.29) is 30.7 Å². The molecule has 1 aliphatic carbocycles. The Hall–Kier alpha value is -2.25. The van der Waals surface area contributed by atoms with E-state index in [0.717, 1.165) is 31.1 Å². The highest BCUT2D eigenvalue weighted by atomic mass is 16.3. The van der Waals surface area contributed by atoms with E-state index in [0.29, 0.717) is 17.0 Å². The van der Waals surface area contributed by atoms with Crippen LogP contribution in [-0.2, 0) is 0 Å². The topological polar surface area (TPSA) is 107 Å². The first kappa shape index (κ1) is 17.6. The van der Waals surface area contributed by atoms with Crippen molar-refractivity contribution < 1.29 is 15.0 Å². The number of para-hydroxylation sites is 1. The van der Waals surface area contributed by atoms with Crippen LogP contribution in [0.25, 0.3) is 10.9 Å². The molecular weight excluding hydrogens is 320 g/mol. The van der Waals surface area contributed by atoms with Crippen LogP contribution in [0.1, 0.15) is 43.0 Å². The van der Waals surface area contributed by atoms with E-state index < -0.39 is 0 Å². The van der Waals surface area contributed by atoms with Crippen LogP contribution in [0.4, 0.5) is 5.95 Å². The van der Waals surface area contributed by atoms with E-state index in [1.165, 1.54) is 0 Å². The summed E-state index contributed by atoms with van der Waals surface area (Å²) in [7, 11) is 0. The second-order valence-electron chi connectivity index (χ2n) is 6.64. The molecule has 0 spiro atoms. The lowest BCUT2D eigenvalue weighted by Crippen LogP contribution is -2.35. The first-order valence-electron chi connectivity index (χ1n) is 8.69. The van der Waals surface area contributed by atoms with E-state index in [2.05, 4.69) is 20.6 Å². The highest BCUT2D eigenvalue weighted by Crippen LogP contribution is 2.22. The predicted octanol–water partition coefficient (Wildman–Crippen LogP) is 1.46. The van der Waals surface area contributed by atoms with Gasteiger partial charge in [-0.1, -0.05) is 12.1 Å². The van der Waals surface area contributed by atoms with Crippen LogP contribution >= 0.6 is 0 Å². The van der Waals surface area contributed by atoms with Gasteiger partial charge in [-0.05, 0) is 38.7 Å². The van der Waals surface area contributed by atoms with Crippen LogP contribution in [-0.4, -0.2) is 50.9 Å². The molecule has 0 radical (unpaired) electrons. The molecule has 2 aromatic rings. The first-order chi connectivity index (χ1) is 12.1. The minimum Gasteiger partial charge on any atom is -0.394 e. The number of fused-ring (bicyclic) bond motifs is 1. The largest absolute Gasteiger partial charge is 0.394 e. The van der Waals surface area contributed by atoms with E-state index in [9.17, 15) is 9.90 Å². The quantitative estimate of drug-likeness (QED) is 0.654. The number of aliphatic hydroxyl groups is 2. The molecule has 3 rings (SSSR count). The molecule has 1 heterocycles. The molecule has 4 N–H and O–H groups in total. The maximum Gasteiger partial charge on any atom is 0.253 e. The van der Waals surface area contributed by atoms with Crippen LogP contribution in [0.15, 0.2) is 24.4 Å². The molecule has 1 atom stereocenters. The van der Waals surface area contributed by atoms with Crippen LogP contribution in [0.5, 0.6) is 0 Å². The van der Waals surface area contributed by atoms with Crippen molar-refractivity contribution in [1.29, 1.82) is 0 Å². The summed E-state index contributed by atoms with van der Waals surface area (Å²) in [6.07, 6.45) is 4.79. The zero-order valence-electron chi connectivity index (χ0n) is 14.3. The lowest BCUT2D eigenvalue weighted by molar-refractivity contribution is 0.0923. The Kier molecular flexibility index (Phi) is 5.45. The van der Waals surface area contributed by atoms with E-state index in [1.54, 1.807) is 25.3 Å². The summed E-state index contributed by atoms with van der Waals surface area (Å²) in [6, 6.07) is 5.28. The molecule has 1 saturated carbocycles. The molecule has 134 valence electrons. The number of nitrogens with one attached hydrogen (secondary N) is 2. The monoisotopic (exact) mass is 344 g/mol. The summed E-state index contributed by atoms with van der Waals surface area (Å²) < 4.78 is 0. The van der Waals surface area contributed by atoms with Crippen molar-refractivity contribution in [2.75, 3.05) is 11.9 Å². The highest BCUT2D eigenvalue weighted by Gasteiger charge is 2.20. The van der Waals surface area contributed by atoms with Gasteiger partial charge < -0.3 is 20.8 Å². The standard InChI is InChI=1S/C18H24N4O3/c1-11(10-23)20-17(25)15-4-2-3-12-9-19-18(22-16(12)15)21-13-5-7-14(24)8-6-13/h2-4,9,11,13-14,23-24H,5-8,10H2,1H3,(H,20,25)(H,19,21,22)/t11-,13?,14?/m0/s1. The highest BCUT2D eigenvalue weighted by molar-refractivity contribution is 6.05. The number of aromatic nitrogens is 2. The number of hydrogen-bond donors (Lipinski definition) is 4. The zero-order valence-corrected chi connectivity index (χ0v) is 14.3. The van der Waals surface area contributed by atoms with E-state index >= 15 is 0 Å². The normalized spacial score (nSPS) is 21.7. The number of anilines is 1. The van der Waals surface area contributed by atoms with Gasteiger partial charge in [0, 0.05) is 23.7 Å². The summed E-state index contributed by atoms with van der Waals surface area (Å²) in [6.45, 7) is 1.62. The first-order valence-corrected chi connectivity index (χ1v) is 8.69. The SMILES string of the molecule is C[C@@H](CO)NC(=O)c1cccc2cnc(NC3CCC(O)CC3)nc12. The smallest absolute Gasteiger partial charge is 0.253 e. The van der Waals surface area contributed by atoms with Crippen LogP contribution in [0, 0.1) is 0 Å². The number of aliphatic hydroxyl groups excluding tert-OH is 2. The Bertz CT molecular complexity index is 744. The Balaban J connectivity index is 1.83. The molecule has 0 unspecified atom stereocenters. The second-order valence-corrected chi connectivity index (χ2v) is 6.64. The summed E-state index contributed by atoms with van der Waals surface area (Å²) >= 11 is 0. The minimum atomic E-state index is -0.323. The number of rotatable bonds is 5. The summed E-state index contributed by atoms with van der Waals surface area (Å²) in [5.41, 5.74) is 1.04. The molecule has 25 heavy (non-hydrogen) atoms. The molecule has 1 aliphatic rings. The van der Waals surface area contributed by atoms with Crippen LogP contribution < -0.4 is 10.6 Å². The average molecular weight is 344 g/mol. The number of nitrogens with zero attached hydrogens (tertiary/aromatic N) is 2. The van der Waals surface area contributed by atoms with Gasteiger partial charge in [0.05, 0.1) is 23.8 Å². The molecule has 1 aromatic heterocycles. The van der Waals surface area contributed by atoms with E-state index in [4.69, 9.17) is 5.11 Å². The number of carbonyl (C=O) groups excluding carboxylic acids is 1. The molecule has 0 bridgehead atoms. The van der Waals surface area contributed by atoms with Gasteiger partial charge >= 0.3 is 0 Å². The number of benzene rings is 1. The summed E-state index contributed by atoms with van der Waals surface area (Å²) in [4.78, 5) is 21.3. The molecule has 1 fully saturated rings. The number of amides is 1. The molecule has 0 saturated heterocycles. The fourth-order valence-corrected chi connectivity index (χ4v) is 3.06. The van der Waals surface area contributed by atoms with Crippen molar-refractivity contribution in [2.24, 2.45) is 0 Å². The Morgan fingerprint density at radius 1 is 1.32 bits per heavy atom. The van der Waals surface area contributed by atoms with Crippen molar-refractivity contribution in [3.05, 3.63) is 30.0 Å². The molecular formula is C18H24N4O3. The fourth-order valence-electron chi connectivity index (χ4n) is 3.06. The van der Waals surface area contributed by atoms with Gasteiger partial charge in [-0.15, -0.1) is 0 Å². The van der Waals surface area contributed by atoms with Gasteiger partial charge in [0.1, 0.15) is 0 Å². The van der Waals surface area contributed by atoms with Gasteiger partial charge in [-0.3, -0.25) is 4.79 Å². The van der Waals surface area contributed by atoms with Crippen LogP contribution in [0.2, 0.25) is 0 Å². The van der Waals surface area contributed by atoms with Crippen molar-refractivity contribution in [3.63, 3.8) is 0 Å².